The third-order valence-electron chi connectivity index (χ3n) is 4.66. The number of phenols is 1. The maximum Gasteiger partial charge on any atom is 0.270 e. The molecule has 1 atom stereocenters. The summed E-state index contributed by atoms with van der Waals surface area (Å²) in [5, 5.41) is 31.5. The van der Waals surface area contributed by atoms with E-state index in [1.165, 1.54) is 18.2 Å². The summed E-state index contributed by atoms with van der Waals surface area (Å²) < 4.78 is 14.0. The number of benzene rings is 2. The lowest BCUT2D eigenvalue weighted by Crippen LogP contribution is -2.42. The second-order valence-corrected chi connectivity index (χ2v) is 6.49. The molecule has 0 radical (unpaired) electrons. The van der Waals surface area contributed by atoms with Gasteiger partial charge in [-0.05, 0) is 43.5 Å². The molecule has 28 heavy (non-hydrogen) atoms. The standard InChI is InChI=1S/C21H21FN4O2/c22-15-7-2-3-8-18(15)25-16-9-5-10-17(14(16)12-23)26-21(28)20(24)13-6-1-4-11-19(13)27/h1-4,6-8,11-12,17,23-25,27H,5,9-10H2,(H,26,28). The summed E-state index contributed by atoms with van der Waals surface area (Å²) in [5.41, 5.74) is 1.32. The predicted octanol–water partition coefficient (Wildman–Crippen LogP) is 3.58. The molecule has 0 fully saturated rings. The van der Waals surface area contributed by atoms with Crippen LogP contribution in [0.1, 0.15) is 24.8 Å². The van der Waals surface area contributed by atoms with E-state index in [2.05, 4.69) is 10.6 Å². The van der Waals surface area contributed by atoms with Gasteiger partial charge in [-0.1, -0.05) is 24.3 Å². The van der Waals surface area contributed by atoms with Gasteiger partial charge in [0.1, 0.15) is 17.3 Å². The Hall–Kier alpha value is -3.48. The first-order valence-electron chi connectivity index (χ1n) is 8.94. The normalized spacial score (nSPS) is 16.4. The van der Waals surface area contributed by atoms with E-state index < -0.39 is 17.8 Å². The Morgan fingerprint density at radius 1 is 1.18 bits per heavy atom. The van der Waals surface area contributed by atoms with Crippen molar-refractivity contribution in [2.75, 3.05) is 5.32 Å². The number of hydrogen-bond acceptors (Lipinski definition) is 5. The monoisotopic (exact) mass is 380 g/mol. The number of amides is 1. The smallest absolute Gasteiger partial charge is 0.270 e. The molecule has 3 rings (SSSR count). The molecular formula is C21H21FN4O2. The van der Waals surface area contributed by atoms with Crippen LogP contribution in [-0.2, 0) is 4.79 Å². The van der Waals surface area contributed by atoms with E-state index in [4.69, 9.17) is 10.8 Å². The number of halogens is 1. The Morgan fingerprint density at radius 2 is 1.89 bits per heavy atom. The maximum absolute atomic E-state index is 14.0. The fourth-order valence-electron chi connectivity index (χ4n) is 3.23. The molecule has 0 spiro atoms. The van der Waals surface area contributed by atoms with E-state index in [-0.39, 0.29) is 17.0 Å². The van der Waals surface area contributed by atoms with Crippen LogP contribution >= 0.6 is 0 Å². The predicted molar refractivity (Wildman–Crippen MR) is 107 cm³/mol. The Kier molecular flexibility index (Phi) is 5.84. The zero-order valence-corrected chi connectivity index (χ0v) is 15.1. The van der Waals surface area contributed by atoms with Crippen molar-refractivity contribution in [3.05, 3.63) is 71.2 Å². The second kappa shape index (κ2) is 8.47. The van der Waals surface area contributed by atoms with Crippen LogP contribution in [0.15, 0.2) is 59.8 Å². The third kappa shape index (κ3) is 4.09. The van der Waals surface area contributed by atoms with E-state index in [0.717, 1.165) is 12.6 Å². The van der Waals surface area contributed by atoms with E-state index in [1.54, 1.807) is 30.3 Å². The lowest BCUT2D eigenvalue weighted by Gasteiger charge is -2.28. The van der Waals surface area contributed by atoms with Crippen LogP contribution < -0.4 is 10.6 Å². The molecule has 5 N–H and O–H groups in total. The van der Waals surface area contributed by atoms with Crippen LogP contribution in [0.2, 0.25) is 0 Å². The zero-order chi connectivity index (χ0) is 20.1. The number of rotatable bonds is 6. The Balaban J connectivity index is 1.80. The van der Waals surface area contributed by atoms with Crippen LogP contribution in [0.25, 0.3) is 0 Å². The topological polar surface area (TPSA) is 109 Å². The number of allylic oxidation sites excluding steroid dienone is 1. The van der Waals surface area contributed by atoms with Gasteiger partial charge in [-0.25, -0.2) is 4.39 Å². The van der Waals surface area contributed by atoms with Gasteiger partial charge in [0, 0.05) is 23.0 Å². The van der Waals surface area contributed by atoms with Crippen LogP contribution in [0, 0.1) is 16.6 Å². The Bertz CT molecular complexity index is 955. The average molecular weight is 380 g/mol. The lowest BCUT2D eigenvalue weighted by molar-refractivity contribution is -0.115. The summed E-state index contributed by atoms with van der Waals surface area (Å²) in [5.74, 6) is -1.18. The molecule has 1 aliphatic carbocycles. The molecule has 6 nitrogen and oxygen atoms in total. The molecule has 0 saturated heterocycles. The molecule has 1 unspecified atom stereocenters. The fourth-order valence-corrected chi connectivity index (χ4v) is 3.23. The van der Waals surface area contributed by atoms with Gasteiger partial charge in [0.05, 0.1) is 11.7 Å². The van der Waals surface area contributed by atoms with Crippen molar-refractivity contribution in [2.45, 2.75) is 25.3 Å². The highest BCUT2D eigenvalue weighted by molar-refractivity contribution is 6.44. The van der Waals surface area contributed by atoms with Crippen LogP contribution in [-0.4, -0.2) is 29.0 Å². The number of hydrogen-bond donors (Lipinski definition) is 5. The van der Waals surface area contributed by atoms with Gasteiger partial charge in [-0.3, -0.25) is 10.2 Å². The van der Waals surface area contributed by atoms with Gasteiger partial charge in [0.15, 0.2) is 0 Å². The molecule has 0 aromatic heterocycles. The fraction of sp³-hybridized carbons (Fsp3) is 0.190. The van der Waals surface area contributed by atoms with Crippen LogP contribution in [0.3, 0.4) is 0 Å². The zero-order valence-electron chi connectivity index (χ0n) is 15.1. The molecule has 0 saturated carbocycles. The van der Waals surface area contributed by atoms with Crippen LogP contribution in [0.4, 0.5) is 10.1 Å². The third-order valence-corrected chi connectivity index (χ3v) is 4.66. The molecule has 7 heteroatoms. The first-order chi connectivity index (χ1) is 13.5. The number of nitrogens with one attached hydrogen (secondary N) is 4. The minimum absolute atomic E-state index is 0.140. The molecule has 144 valence electrons. The molecule has 1 aliphatic rings. The highest BCUT2D eigenvalue weighted by atomic mass is 19.1. The maximum atomic E-state index is 14.0. The summed E-state index contributed by atoms with van der Waals surface area (Å²) in [7, 11) is 0. The molecule has 0 bridgehead atoms. The minimum Gasteiger partial charge on any atom is -0.507 e. The molecular weight excluding hydrogens is 359 g/mol. The van der Waals surface area contributed by atoms with Gasteiger partial charge in [-0.2, -0.15) is 0 Å². The number of carbonyl (C=O) groups is 1. The second-order valence-electron chi connectivity index (χ2n) is 6.49. The number of anilines is 1. The lowest BCUT2D eigenvalue weighted by atomic mass is 9.91. The van der Waals surface area contributed by atoms with Crippen molar-refractivity contribution < 1.29 is 14.3 Å². The largest absolute Gasteiger partial charge is 0.507 e. The van der Waals surface area contributed by atoms with Gasteiger partial charge in [0.2, 0.25) is 0 Å². The van der Waals surface area contributed by atoms with Gasteiger partial charge >= 0.3 is 0 Å². The Labute approximate surface area is 162 Å². The van der Waals surface area contributed by atoms with Crippen molar-refractivity contribution in [3.63, 3.8) is 0 Å². The highest BCUT2D eigenvalue weighted by Gasteiger charge is 2.26. The minimum atomic E-state index is -0.641. The molecule has 2 aromatic carbocycles. The van der Waals surface area contributed by atoms with E-state index in [9.17, 15) is 14.3 Å². The Morgan fingerprint density at radius 3 is 2.61 bits per heavy atom. The van der Waals surface area contributed by atoms with Crippen molar-refractivity contribution in [3.8, 4) is 5.75 Å². The number of aromatic hydroxyl groups is 1. The molecule has 1 amide bonds. The number of carbonyl (C=O) groups excluding carboxylic acids is 1. The first kappa shape index (κ1) is 19.3. The first-order valence-corrected chi connectivity index (χ1v) is 8.94. The summed E-state index contributed by atoms with van der Waals surface area (Å²) in [6.45, 7) is 0. The van der Waals surface area contributed by atoms with Gasteiger partial charge < -0.3 is 21.1 Å². The van der Waals surface area contributed by atoms with E-state index in [1.807, 2.05) is 0 Å². The van der Waals surface area contributed by atoms with Crippen molar-refractivity contribution >= 4 is 23.5 Å². The van der Waals surface area contributed by atoms with E-state index in [0.29, 0.717) is 29.8 Å². The summed E-state index contributed by atoms with van der Waals surface area (Å²) in [4.78, 5) is 12.5. The van der Waals surface area contributed by atoms with E-state index >= 15 is 0 Å². The van der Waals surface area contributed by atoms with Crippen LogP contribution in [0.5, 0.6) is 5.75 Å². The highest BCUT2D eigenvalue weighted by Crippen LogP contribution is 2.27. The summed E-state index contributed by atoms with van der Waals surface area (Å²) in [6, 6.07) is 12.0. The summed E-state index contributed by atoms with van der Waals surface area (Å²) in [6.07, 6.45) is 3.12. The average Bonchev–Trinajstić information content (AvgIpc) is 2.70. The number of para-hydroxylation sites is 2. The summed E-state index contributed by atoms with van der Waals surface area (Å²) >= 11 is 0. The number of phenolic OH excluding ortho intramolecular Hbond substituents is 1. The van der Waals surface area contributed by atoms with Crippen molar-refractivity contribution in [2.24, 2.45) is 0 Å². The molecule has 0 heterocycles. The quantitative estimate of drug-likeness (QED) is 0.494. The SMILES string of the molecule is N=CC1=C(Nc2ccccc2F)CCCC1NC(=O)C(=N)c1ccccc1O. The van der Waals surface area contributed by atoms with Gasteiger partial charge in [-0.15, -0.1) is 0 Å². The van der Waals surface area contributed by atoms with Crippen molar-refractivity contribution in [1.82, 2.24) is 5.32 Å². The van der Waals surface area contributed by atoms with Gasteiger partial charge in [0.25, 0.3) is 5.91 Å². The van der Waals surface area contributed by atoms with Crippen molar-refractivity contribution in [1.29, 1.82) is 10.8 Å². The molecule has 2 aromatic rings. The molecule has 0 aliphatic heterocycles.